The summed E-state index contributed by atoms with van der Waals surface area (Å²) in [7, 11) is 0. The average Bonchev–Trinajstić information content (AvgIpc) is 3.33. The van der Waals surface area contributed by atoms with Crippen molar-refractivity contribution >= 4 is 54.0 Å². The second kappa shape index (κ2) is 7.83. The van der Waals surface area contributed by atoms with Gasteiger partial charge >= 0.3 is 0 Å². The van der Waals surface area contributed by atoms with Gasteiger partial charge in [0.2, 0.25) is 0 Å². The number of hydrogen-bond acceptors (Lipinski definition) is 2. The Balaban J connectivity index is 1.41. The zero-order valence-corrected chi connectivity index (χ0v) is 21.0. The van der Waals surface area contributed by atoms with Gasteiger partial charge in [-0.25, -0.2) is 0 Å². The van der Waals surface area contributed by atoms with E-state index >= 15 is 0 Å². The molecular weight excluding hydrogens is 473 g/mol. The van der Waals surface area contributed by atoms with Gasteiger partial charge in [0, 0.05) is 40.9 Å². The first kappa shape index (κ1) is 20.4. The fourth-order valence-electron chi connectivity index (χ4n) is 5.73. The Morgan fingerprint density at radius 1 is 0.361 bits per heavy atom. The van der Waals surface area contributed by atoms with Crippen LogP contribution in [0.4, 0.5) is 0 Å². The van der Waals surface area contributed by atoms with E-state index in [1.807, 2.05) is 23.1 Å². The lowest BCUT2D eigenvalue weighted by Gasteiger charge is -2.22. The van der Waals surface area contributed by atoms with E-state index < -0.39 is 0 Å². The molecule has 1 aliphatic heterocycles. The summed E-state index contributed by atoms with van der Waals surface area (Å²) in [6.45, 7) is 0. The van der Waals surface area contributed by atoms with Crippen LogP contribution in [0.3, 0.4) is 0 Å². The van der Waals surface area contributed by atoms with Gasteiger partial charge in [-0.3, -0.25) is 0 Å². The largest absolute Gasteiger partial charge is 0.135 e. The second-order valence-electron chi connectivity index (χ2n) is 9.26. The van der Waals surface area contributed by atoms with Gasteiger partial charge in [-0.15, -0.1) is 11.3 Å². The normalized spacial score (nSPS) is 12.3. The molecule has 0 atom stereocenters. The molecule has 8 rings (SSSR count). The Morgan fingerprint density at radius 2 is 1.00 bits per heavy atom. The molecule has 36 heavy (non-hydrogen) atoms. The minimum atomic E-state index is 1.29. The van der Waals surface area contributed by atoms with Crippen molar-refractivity contribution in [3.8, 4) is 33.4 Å². The summed E-state index contributed by atoms with van der Waals surface area (Å²) in [6, 6.07) is 44.6. The van der Waals surface area contributed by atoms with Gasteiger partial charge in [0.1, 0.15) is 0 Å². The summed E-state index contributed by atoms with van der Waals surface area (Å²) in [6.07, 6.45) is 0. The van der Waals surface area contributed by atoms with Crippen LogP contribution in [-0.2, 0) is 0 Å². The molecular formula is C34H20S2. The third-order valence-electron chi connectivity index (χ3n) is 7.31. The molecule has 0 unspecified atom stereocenters. The van der Waals surface area contributed by atoms with E-state index in [0.717, 1.165) is 0 Å². The predicted octanol–water partition coefficient (Wildman–Crippen LogP) is 10.7. The number of thiophene rings is 1. The number of rotatable bonds is 2. The molecule has 0 saturated carbocycles. The molecule has 2 heteroatoms. The van der Waals surface area contributed by atoms with Crippen LogP contribution in [0.1, 0.15) is 0 Å². The first-order valence-electron chi connectivity index (χ1n) is 12.2. The lowest BCUT2D eigenvalue weighted by Crippen LogP contribution is -1.94. The van der Waals surface area contributed by atoms with E-state index in [2.05, 4.69) is 121 Å². The van der Waals surface area contributed by atoms with Gasteiger partial charge in [-0.2, -0.15) is 0 Å². The molecule has 168 valence electrons. The third-order valence-corrected chi connectivity index (χ3v) is 9.67. The standard InChI is InChI=1S/C34H20S2/c1-2-10-22(28-15-8-16-29-25-12-4-6-18-31(25)36-34(28)29)21(9-1)23-19-20-32-33-26(23)13-7-14-27(33)24-11-3-5-17-30(24)35-32/h1-20H. The molecule has 0 amide bonds. The lowest BCUT2D eigenvalue weighted by molar-refractivity contribution is 1.40. The zero-order valence-electron chi connectivity index (χ0n) is 19.4. The van der Waals surface area contributed by atoms with Crippen LogP contribution < -0.4 is 0 Å². The Bertz CT molecular complexity index is 1980. The van der Waals surface area contributed by atoms with Crippen molar-refractivity contribution in [2.24, 2.45) is 0 Å². The minimum absolute atomic E-state index is 1.29. The predicted molar refractivity (Wildman–Crippen MR) is 157 cm³/mol. The smallest absolute Gasteiger partial charge is 0.0434 e. The molecule has 2 heterocycles. The lowest BCUT2D eigenvalue weighted by atomic mass is 9.89. The van der Waals surface area contributed by atoms with E-state index in [-0.39, 0.29) is 0 Å². The number of fused-ring (bicyclic) bond motifs is 5. The molecule has 0 bridgehead atoms. The summed E-state index contributed by atoms with van der Waals surface area (Å²) >= 11 is 3.78. The third kappa shape index (κ3) is 2.89. The summed E-state index contributed by atoms with van der Waals surface area (Å²) < 4.78 is 2.70. The van der Waals surface area contributed by atoms with Crippen LogP contribution in [0.5, 0.6) is 0 Å². The van der Waals surface area contributed by atoms with Gasteiger partial charge in [-0.05, 0) is 51.4 Å². The molecule has 7 aromatic rings. The van der Waals surface area contributed by atoms with Crippen LogP contribution in [0.15, 0.2) is 131 Å². The molecule has 0 nitrogen and oxygen atoms in total. The Labute approximate surface area is 217 Å². The quantitative estimate of drug-likeness (QED) is 0.231. The van der Waals surface area contributed by atoms with Crippen molar-refractivity contribution in [2.75, 3.05) is 0 Å². The van der Waals surface area contributed by atoms with Crippen molar-refractivity contribution in [3.63, 3.8) is 0 Å². The summed E-state index contributed by atoms with van der Waals surface area (Å²) in [5, 5.41) is 5.37. The van der Waals surface area contributed by atoms with Crippen LogP contribution in [-0.4, -0.2) is 0 Å². The van der Waals surface area contributed by atoms with Crippen LogP contribution in [0, 0.1) is 0 Å². The van der Waals surface area contributed by atoms with Gasteiger partial charge in [0.05, 0.1) is 0 Å². The van der Waals surface area contributed by atoms with Crippen LogP contribution >= 0.6 is 23.1 Å². The van der Waals surface area contributed by atoms with Crippen molar-refractivity contribution in [1.82, 2.24) is 0 Å². The van der Waals surface area contributed by atoms with E-state index in [1.165, 1.54) is 74.1 Å². The van der Waals surface area contributed by atoms with Crippen LogP contribution in [0.25, 0.3) is 64.3 Å². The van der Waals surface area contributed by atoms with Gasteiger partial charge in [0.25, 0.3) is 0 Å². The van der Waals surface area contributed by atoms with Gasteiger partial charge in [0.15, 0.2) is 0 Å². The SMILES string of the molecule is c1ccc2c(c1)Sc1ccc(-c3ccccc3-c3cccc4c3sc3ccccc34)c3cccc-2c13. The molecule has 0 fully saturated rings. The Hall–Kier alpha value is -3.85. The van der Waals surface area contributed by atoms with Gasteiger partial charge in [-0.1, -0.05) is 115 Å². The number of hydrogen-bond donors (Lipinski definition) is 0. The number of benzene rings is 6. The summed E-state index contributed by atoms with van der Waals surface area (Å²) in [5.41, 5.74) is 7.85. The second-order valence-corrected chi connectivity index (χ2v) is 11.4. The molecule has 0 N–H and O–H groups in total. The first-order valence-corrected chi connectivity index (χ1v) is 13.8. The first-order chi connectivity index (χ1) is 17.9. The topological polar surface area (TPSA) is 0 Å². The molecule has 6 aromatic carbocycles. The molecule has 0 aliphatic carbocycles. The van der Waals surface area contributed by atoms with Crippen molar-refractivity contribution in [2.45, 2.75) is 9.79 Å². The monoisotopic (exact) mass is 492 g/mol. The maximum atomic E-state index is 2.33. The molecule has 0 spiro atoms. The maximum Gasteiger partial charge on any atom is 0.0434 e. The van der Waals surface area contributed by atoms with E-state index in [0.29, 0.717) is 0 Å². The Morgan fingerprint density at radius 3 is 1.89 bits per heavy atom. The molecule has 0 saturated heterocycles. The van der Waals surface area contributed by atoms with Crippen LogP contribution in [0.2, 0.25) is 0 Å². The molecule has 0 radical (unpaired) electrons. The van der Waals surface area contributed by atoms with Gasteiger partial charge < -0.3 is 0 Å². The van der Waals surface area contributed by atoms with Crippen molar-refractivity contribution in [3.05, 3.63) is 121 Å². The molecule has 1 aromatic heterocycles. The highest BCUT2D eigenvalue weighted by molar-refractivity contribution is 7.99. The van der Waals surface area contributed by atoms with E-state index in [9.17, 15) is 0 Å². The minimum Gasteiger partial charge on any atom is -0.135 e. The summed E-state index contributed by atoms with van der Waals surface area (Å²) in [4.78, 5) is 2.68. The van der Waals surface area contributed by atoms with Crippen molar-refractivity contribution < 1.29 is 0 Å². The van der Waals surface area contributed by atoms with E-state index in [1.54, 1.807) is 0 Å². The maximum absolute atomic E-state index is 2.33. The highest BCUT2D eigenvalue weighted by atomic mass is 32.2. The zero-order chi connectivity index (χ0) is 23.6. The highest BCUT2D eigenvalue weighted by Crippen LogP contribution is 2.50. The fraction of sp³-hybridized carbons (Fsp3) is 0. The fourth-order valence-corrected chi connectivity index (χ4v) is 8.09. The molecule has 1 aliphatic rings. The van der Waals surface area contributed by atoms with Crippen molar-refractivity contribution in [1.29, 1.82) is 0 Å². The summed E-state index contributed by atoms with van der Waals surface area (Å²) in [5.74, 6) is 0. The average molecular weight is 493 g/mol. The Kier molecular flexibility index (Phi) is 4.42. The highest BCUT2D eigenvalue weighted by Gasteiger charge is 2.21. The van der Waals surface area contributed by atoms with E-state index in [4.69, 9.17) is 0 Å².